The largest absolute Gasteiger partial charge is 1.00 e. The monoisotopic (exact) mass is 280 g/mol. The Kier molecular flexibility index (Phi) is 11.1. The van der Waals surface area contributed by atoms with Crippen molar-refractivity contribution < 1.29 is 85.3 Å². The average Bonchev–Trinajstić information content (AvgIpc) is 1.82. The van der Waals surface area contributed by atoms with Gasteiger partial charge in [0.15, 0.2) is 5.60 Å². The van der Waals surface area contributed by atoms with Gasteiger partial charge in [-0.3, -0.25) is 9.59 Å². The van der Waals surface area contributed by atoms with Gasteiger partial charge in [0.2, 0.25) is 0 Å². The zero-order valence-electron chi connectivity index (χ0n) is 9.13. The SMILES string of the molecule is O=C(O)CC(O)(CC(=O)O)C(=O)O.[H-].[Na+].[Zn]. The summed E-state index contributed by atoms with van der Waals surface area (Å²) in [6.45, 7) is 0. The van der Waals surface area contributed by atoms with E-state index in [-0.39, 0.29) is 50.5 Å². The second-order valence-corrected chi connectivity index (χ2v) is 2.48. The van der Waals surface area contributed by atoms with Crippen molar-refractivity contribution in [3.63, 3.8) is 0 Å². The molecule has 15 heavy (non-hydrogen) atoms. The predicted molar refractivity (Wildman–Crippen MR) is 38.2 cm³/mol. The number of aliphatic hydroxyl groups is 1. The van der Waals surface area contributed by atoms with Gasteiger partial charge in [-0.2, -0.15) is 0 Å². The molecular formula is C6H9NaO7Zn. The number of aliphatic carboxylic acids is 3. The van der Waals surface area contributed by atoms with Gasteiger partial charge in [0.1, 0.15) is 0 Å². The van der Waals surface area contributed by atoms with Crippen LogP contribution in [0.5, 0.6) is 0 Å². The maximum atomic E-state index is 10.3. The smallest absolute Gasteiger partial charge is 1.00 e. The van der Waals surface area contributed by atoms with E-state index in [2.05, 4.69) is 0 Å². The molecule has 0 aliphatic rings. The van der Waals surface area contributed by atoms with E-state index in [4.69, 9.17) is 20.4 Å². The van der Waals surface area contributed by atoms with Gasteiger partial charge >= 0.3 is 47.5 Å². The van der Waals surface area contributed by atoms with Crippen molar-refractivity contribution in [2.75, 3.05) is 0 Å². The van der Waals surface area contributed by atoms with Crippen molar-refractivity contribution in [3.05, 3.63) is 0 Å². The molecule has 0 bridgehead atoms. The standard InChI is InChI=1S/C6H8O7.Na.Zn.H/c7-3(8)1-6(13,5(11)12)2-4(9)10;;;/h13H,1-2H2,(H,7,8)(H,9,10)(H,11,12);;;/q;+1;;-1. The molecular weight excluding hydrogens is 272 g/mol. The second kappa shape index (κ2) is 8.18. The fourth-order valence-corrected chi connectivity index (χ4v) is 0.714. The molecule has 0 aliphatic carbocycles. The predicted octanol–water partition coefficient (Wildman–Crippen LogP) is -4.13. The first-order valence-electron chi connectivity index (χ1n) is 3.17. The zero-order valence-corrected chi connectivity index (χ0v) is 13.1. The molecule has 7 nitrogen and oxygen atoms in total. The van der Waals surface area contributed by atoms with Crippen LogP contribution < -0.4 is 29.6 Å². The molecule has 0 radical (unpaired) electrons. The minimum Gasteiger partial charge on any atom is -1.00 e. The van der Waals surface area contributed by atoms with Gasteiger partial charge in [-0.15, -0.1) is 0 Å². The zero-order chi connectivity index (χ0) is 10.6. The van der Waals surface area contributed by atoms with Crippen molar-refractivity contribution in [2.45, 2.75) is 18.4 Å². The Balaban J connectivity index is -0.000000240. The normalized spacial score (nSPS) is 9.40. The molecule has 9 heteroatoms. The summed E-state index contributed by atoms with van der Waals surface area (Å²) >= 11 is 0. The van der Waals surface area contributed by atoms with E-state index >= 15 is 0 Å². The van der Waals surface area contributed by atoms with Crippen LogP contribution in [0.15, 0.2) is 0 Å². The molecule has 0 atom stereocenters. The third-order valence-electron chi connectivity index (χ3n) is 1.29. The second-order valence-electron chi connectivity index (χ2n) is 2.48. The van der Waals surface area contributed by atoms with Crippen molar-refractivity contribution in [1.82, 2.24) is 0 Å². The minimum absolute atomic E-state index is 0. The number of hydrogen-bond acceptors (Lipinski definition) is 4. The van der Waals surface area contributed by atoms with Crippen LogP contribution in [-0.2, 0) is 33.9 Å². The topological polar surface area (TPSA) is 132 Å². The van der Waals surface area contributed by atoms with Crippen LogP contribution in [0.3, 0.4) is 0 Å². The molecule has 4 N–H and O–H groups in total. The Bertz CT molecular complexity index is 243. The van der Waals surface area contributed by atoms with E-state index in [0.29, 0.717) is 0 Å². The molecule has 0 heterocycles. The van der Waals surface area contributed by atoms with E-state index in [1.807, 2.05) is 0 Å². The van der Waals surface area contributed by atoms with E-state index in [0.717, 1.165) is 0 Å². The molecule has 78 valence electrons. The molecule has 0 fully saturated rings. The fourth-order valence-electron chi connectivity index (χ4n) is 0.714. The first-order chi connectivity index (χ1) is 5.78. The molecule has 0 unspecified atom stereocenters. The molecule has 0 spiro atoms. The number of carbonyl (C=O) groups is 3. The van der Waals surface area contributed by atoms with Gasteiger partial charge in [0, 0.05) is 19.5 Å². The molecule has 0 rings (SSSR count). The molecule has 0 saturated carbocycles. The van der Waals surface area contributed by atoms with Crippen LogP contribution >= 0.6 is 0 Å². The van der Waals surface area contributed by atoms with Crippen LogP contribution in [0, 0.1) is 0 Å². The number of carboxylic acid groups (broad SMARTS) is 3. The Morgan fingerprint density at radius 3 is 1.40 bits per heavy atom. The summed E-state index contributed by atoms with van der Waals surface area (Å²) in [5, 5.41) is 33.8. The molecule has 0 aliphatic heterocycles. The van der Waals surface area contributed by atoms with Crippen molar-refractivity contribution >= 4 is 17.9 Å². The van der Waals surface area contributed by atoms with E-state index in [1.54, 1.807) is 0 Å². The maximum absolute atomic E-state index is 10.3. The van der Waals surface area contributed by atoms with Gasteiger partial charge in [-0.1, -0.05) is 0 Å². The maximum Gasteiger partial charge on any atom is 1.00 e. The van der Waals surface area contributed by atoms with Crippen LogP contribution in [-0.4, -0.2) is 43.9 Å². The molecule has 0 saturated heterocycles. The van der Waals surface area contributed by atoms with Crippen LogP contribution in [0.2, 0.25) is 0 Å². The van der Waals surface area contributed by atoms with Crippen molar-refractivity contribution in [3.8, 4) is 0 Å². The van der Waals surface area contributed by atoms with Gasteiger partial charge in [-0.25, -0.2) is 4.79 Å². The Morgan fingerprint density at radius 2 is 1.27 bits per heavy atom. The summed E-state index contributed by atoms with van der Waals surface area (Å²) in [5.41, 5.74) is -2.74. The quantitative estimate of drug-likeness (QED) is 0.376. The van der Waals surface area contributed by atoms with Crippen LogP contribution in [0.25, 0.3) is 0 Å². The van der Waals surface area contributed by atoms with Crippen LogP contribution in [0.1, 0.15) is 14.3 Å². The van der Waals surface area contributed by atoms with Gasteiger partial charge in [0.25, 0.3) is 0 Å². The van der Waals surface area contributed by atoms with Crippen molar-refractivity contribution in [2.24, 2.45) is 0 Å². The number of rotatable bonds is 5. The summed E-state index contributed by atoms with van der Waals surface area (Å²) in [6, 6.07) is 0. The van der Waals surface area contributed by atoms with E-state index in [1.165, 1.54) is 0 Å². The molecule has 0 amide bonds. The molecule has 0 aromatic rings. The summed E-state index contributed by atoms with van der Waals surface area (Å²) in [5.74, 6) is -5.02. The fraction of sp³-hybridized carbons (Fsp3) is 0.500. The minimum atomic E-state index is -2.74. The Hall–Kier alpha value is -0.00662. The van der Waals surface area contributed by atoms with Gasteiger partial charge in [-0.05, 0) is 0 Å². The third kappa shape index (κ3) is 7.87. The summed E-state index contributed by atoms with van der Waals surface area (Å²) in [6.07, 6.45) is -2.29. The van der Waals surface area contributed by atoms with E-state index < -0.39 is 36.4 Å². The Morgan fingerprint density at radius 1 is 1.00 bits per heavy atom. The molecule has 0 aromatic carbocycles. The van der Waals surface area contributed by atoms with E-state index in [9.17, 15) is 14.4 Å². The average molecular weight is 282 g/mol. The van der Waals surface area contributed by atoms with Gasteiger partial charge in [0.05, 0.1) is 12.8 Å². The summed E-state index contributed by atoms with van der Waals surface area (Å²) < 4.78 is 0. The number of carboxylic acids is 3. The van der Waals surface area contributed by atoms with Gasteiger partial charge < -0.3 is 21.9 Å². The molecule has 0 aromatic heterocycles. The first-order valence-corrected chi connectivity index (χ1v) is 3.17. The summed E-state index contributed by atoms with van der Waals surface area (Å²) in [4.78, 5) is 30.5. The van der Waals surface area contributed by atoms with Crippen molar-refractivity contribution in [1.29, 1.82) is 0 Å². The third-order valence-corrected chi connectivity index (χ3v) is 1.29. The Labute approximate surface area is 121 Å². The number of hydrogen-bond donors (Lipinski definition) is 4. The summed E-state index contributed by atoms with van der Waals surface area (Å²) in [7, 11) is 0. The van der Waals surface area contributed by atoms with Crippen LogP contribution in [0.4, 0.5) is 0 Å². The first kappa shape index (κ1) is 20.4.